The molecule has 0 radical (unpaired) electrons. The smallest absolute Gasteiger partial charge is 0.234 e. The highest BCUT2D eigenvalue weighted by atomic mass is 16.3. The maximum absolute atomic E-state index is 11.8. The van der Waals surface area contributed by atoms with Crippen LogP contribution in [0.15, 0.2) is 0 Å². The molecule has 2 heterocycles. The van der Waals surface area contributed by atoms with E-state index in [4.69, 9.17) is 5.11 Å². The van der Waals surface area contributed by atoms with E-state index < -0.39 is 0 Å². The third kappa shape index (κ3) is 4.42. The minimum Gasteiger partial charge on any atom is -0.395 e. The van der Waals surface area contributed by atoms with Crippen LogP contribution in [0.3, 0.4) is 0 Å². The van der Waals surface area contributed by atoms with Crippen LogP contribution in [0.1, 0.15) is 19.3 Å². The molecule has 1 amide bonds. The summed E-state index contributed by atoms with van der Waals surface area (Å²) in [5, 5.41) is 21.4. The Morgan fingerprint density at radius 2 is 2.16 bits per heavy atom. The van der Waals surface area contributed by atoms with Crippen molar-refractivity contribution < 1.29 is 15.0 Å². The first-order valence-electron chi connectivity index (χ1n) is 7.21. The Morgan fingerprint density at radius 1 is 1.32 bits per heavy atom. The Morgan fingerprint density at radius 3 is 2.84 bits per heavy atom. The van der Waals surface area contributed by atoms with Crippen molar-refractivity contribution in [2.24, 2.45) is 0 Å². The average Bonchev–Trinajstić information content (AvgIpc) is 2.97. The molecule has 2 saturated heterocycles. The first-order chi connectivity index (χ1) is 9.19. The predicted octanol–water partition coefficient (Wildman–Crippen LogP) is -1.37. The number of nitrogens with zero attached hydrogens (tertiary/aromatic N) is 2. The number of carbonyl (C=O) groups excluding carboxylic acids is 1. The standard InChI is InChI=1S/C13H25N3O3/c17-7-6-16-4-1-2-11(16)8-14-13(19)10-15-5-3-12(18)9-15/h11-12,17-18H,1-10H2,(H,14,19)/t11?,12-/m1/s1. The Bertz CT molecular complexity index is 301. The summed E-state index contributed by atoms with van der Waals surface area (Å²) in [7, 11) is 0. The number of aliphatic hydroxyl groups excluding tert-OH is 2. The molecule has 6 nitrogen and oxygen atoms in total. The van der Waals surface area contributed by atoms with E-state index in [1.54, 1.807) is 0 Å². The molecule has 2 rings (SSSR count). The van der Waals surface area contributed by atoms with E-state index in [-0.39, 0.29) is 18.6 Å². The quantitative estimate of drug-likeness (QED) is 0.555. The van der Waals surface area contributed by atoms with Crippen molar-refractivity contribution in [2.45, 2.75) is 31.4 Å². The van der Waals surface area contributed by atoms with Crippen LogP contribution in [0.2, 0.25) is 0 Å². The Kier molecular flexibility index (Phi) is 5.57. The van der Waals surface area contributed by atoms with Gasteiger partial charge in [0.1, 0.15) is 0 Å². The van der Waals surface area contributed by atoms with E-state index in [9.17, 15) is 9.90 Å². The molecule has 19 heavy (non-hydrogen) atoms. The van der Waals surface area contributed by atoms with Crippen molar-refractivity contribution >= 4 is 5.91 Å². The molecular weight excluding hydrogens is 246 g/mol. The first kappa shape index (κ1) is 14.7. The topological polar surface area (TPSA) is 76.0 Å². The van der Waals surface area contributed by atoms with Crippen molar-refractivity contribution in [1.82, 2.24) is 15.1 Å². The summed E-state index contributed by atoms with van der Waals surface area (Å²) in [6, 6.07) is 0.361. The van der Waals surface area contributed by atoms with Crippen LogP contribution in [0.5, 0.6) is 0 Å². The molecule has 2 atom stereocenters. The molecule has 0 spiro atoms. The maximum atomic E-state index is 11.8. The maximum Gasteiger partial charge on any atom is 0.234 e. The second-order valence-electron chi connectivity index (χ2n) is 5.54. The van der Waals surface area contributed by atoms with Crippen molar-refractivity contribution in [2.75, 3.05) is 45.9 Å². The van der Waals surface area contributed by atoms with Gasteiger partial charge in [-0.2, -0.15) is 0 Å². The van der Waals surface area contributed by atoms with E-state index in [1.165, 1.54) is 0 Å². The third-order valence-electron chi connectivity index (χ3n) is 4.04. The monoisotopic (exact) mass is 271 g/mol. The van der Waals surface area contributed by atoms with Crippen LogP contribution in [0.4, 0.5) is 0 Å². The fraction of sp³-hybridized carbons (Fsp3) is 0.923. The van der Waals surface area contributed by atoms with E-state index in [1.807, 2.05) is 4.90 Å². The van der Waals surface area contributed by atoms with Crippen molar-refractivity contribution in [3.05, 3.63) is 0 Å². The zero-order valence-corrected chi connectivity index (χ0v) is 11.4. The summed E-state index contributed by atoms with van der Waals surface area (Å²) in [5.74, 6) is 0.0324. The molecule has 3 N–H and O–H groups in total. The fourth-order valence-corrected chi connectivity index (χ4v) is 3.00. The highest BCUT2D eigenvalue weighted by Gasteiger charge is 2.25. The summed E-state index contributed by atoms with van der Waals surface area (Å²) in [4.78, 5) is 16.0. The molecule has 2 fully saturated rings. The molecule has 0 saturated carbocycles. The summed E-state index contributed by atoms with van der Waals surface area (Å²) < 4.78 is 0. The molecule has 1 unspecified atom stereocenters. The summed E-state index contributed by atoms with van der Waals surface area (Å²) >= 11 is 0. The molecule has 2 aliphatic rings. The van der Waals surface area contributed by atoms with Crippen molar-refractivity contribution in [1.29, 1.82) is 0 Å². The normalized spacial score (nSPS) is 28.9. The van der Waals surface area contributed by atoms with Gasteiger partial charge in [0, 0.05) is 32.2 Å². The summed E-state index contributed by atoms with van der Waals surface area (Å²) in [6.45, 7) is 4.33. The molecule has 0 aliphatic carbocycles. The van der Waals surface area contributed by atoms with Crippen molar-refractivity contribution in [3.8, 4) is 0 Å². The predicted molar refractivity (Wildman–Crippen MR) is 71.8 cm³/mol. The molecule has 6 heteroatoms. The SMILES string of the molecule is O=C(CN1CC[C@@H](O)C1)NCC1CCCN1CCO. The largest absolute Gasteiger partial charge is 0.395 e. The van der Waals surface area contributed by atoms with Crippen LogP contribution in [-0.2, 0) is 4.79 Å². The second-order valence-corrected chi connectivity index (χ2v) is 5.54. The minimum atomic E-state index is -0.275. The number of amides is 1. The van der Waals surface area contributed by atoms with Crippen LogP contribution < -0.4 is 5.32 Å². The van der Waals surface area contributed by atoms with E-state index >= 15 is 0 Å². The van der Waals surface area contributed by atoms with Gasteiger partial charge < -0.3 is 15.5 Å². The number of rotatable bonds is 6. The Labute approximate surface area is 114 Å². The first-order valence-corrected chi connectivity index (χ1v) is 7.21. The van der Waals surface area contributed by atoms with Crippen molar-refractivity contribution in [3.63, 3.8) is 0 Å². The Balaban J connectivity index is 1.65. The lowest BCUT2D eigenvalue weighted by Gasteiger charge is -2.24. The summed E-state index contributed by atoms with van der Waals surface area (Å²) in [6.07, 6.45) is 2.71. The van der Waals surface area contributed by atoms with Gasteiger partial charge in [0.2, 0.25) is 5.91 Å². The third-order valence-corrected chi connectivity index (χ3v) is 4.04. The van der Waals surface area contributed by atoms with E-state index in [0.29, 0.717) is 32.2 Å². The van der Waals surface area contributed by atoms with Gasteiger partial charge in [-0.1, -0.05) is 0 Å². The van der Waals surface area contributed by atoms with Gasteiger partial charge in [-0.05, 0) is 25.8 Å². The van der Waals surface area contributed by atoms with Crippen LogP contribution in [0, 0.1) is 0 Å². The van der Waals surface area contributed by atoms with Gasteiger partial charge in [0.05, 0.1) is 19.3 Å². The highest BCUT2D eigenvalue weighted by molar-refractivity contribution is 5.78. The zero-order valence-electron chi connectivity index (χ0n) is 11.4. The average molecular weight is 271 g/mol. The number of β-amino-alcohol motifs (C(OH)–C–C–N with tert-alkyl or cyclic N) is 2. The number of hydrogen-bond donors (Lipinski definition) is 3. The molecule has 0 aromatic carbocycles. The lowest BCUT2D eigenvalue weighted by Crippen LogP contribution is -2.44. The van der Waals surface area contributed by atoms with Gasteiger partial charge in [-0.3, -0.25) is 14.6 Å². The molecule has 2 aliphatic heterocycles. The van der Waals surface area contributed by atoms with Gasteiger partial charge in [0.25, 0.3) is 0 Å². The van der Waals surface area contributed by atoms with Gasteiger partial charge in [-0.25, -0.2) is 0 Å². The van der Waals surface area contributed by atoms with Crippen LogP contribution in [0.25, 0.3) is 0 Å². The lowest BCUT2D eigenvalue weighted by atomic mass is 10.2. The number of nitrogens with one attached hydrogen (secondary N) is 1. The van der Waals surface area contributed by atoms with Gasteiger partial charge in [-0.15, -0.1) is 0 Å². The highest BCUT2D eigenvalue weighted by Crippen LogP contribution is 2.15. The van der Waals surface area contributed by atoms with Crippen LogP contribution in [-0.4, -0.2) is 83.9 Å². The lowest BCUT2D eigenvalue weighted by molar-refractivity contribution is -0.122. The molecule has 0 bridgehead atoms. The number of aliphatic hydroxyl groups is 2. The van der Waals surface area contributed by atoms with Gasteiger partial charge >= 0.3 is 0 Å². The molecule has 0 aromatic rings. The molecule has 0 aromatic heterocycles. The zero-order chi connectivity index (χ0) is 13.7. The molecular formula is C13H25N3O3. The summed E-state index contributed by atoms with van der Waals surface area (Å²) in [5.41, 5.74) is 0. The number of carbonyl (C=O) groups is 1. The Hall–Kier alpha value is -0.690. The number of hydrogen-bond acceptors (Lipinski definition) is 5. The van der Waals surface area contributed by atoms with Gasteiger partial charge in [0.15, 0.2) is 0 Å². The van der Waals surface area contributed by atoms with E-state index in [0.717, 1.165) is 32.4 Å². The molecule has 110 valence electrons. The number of likely N-dealkylation sites (tertiary alicyclic amines) is 2. The van der Waals surface area contributed by atoms with Crippen LogP contribution >= 0.6 is 0 Å². The fourth-order valence-electron chi connectivity index (χ4n) is 3.00. The van der Waals surface area contributed by atoms with E-state index in [2.05, 4.69) is 10.2 Å². The second kappa shape index (κ2) is 7.19. The minimum absolute atomic E-state index is 0.0324.